The van der Waals surface area contributed by atoms with Crippen molar-refractivity contribution in [2.24, 2.45) is 0 Å². The van der Waals surface area contributed by atoms with Gasteiger partial charge in [0.15, 0.2) is 0 Å². The van der Waals surface area contributed by atoms with Crippen LogP contribution in [0.3, 0.4) is 0 Å². The predicted molar refractivity (Wildman–Crippen MR) is 106 cm³/mol. The first-order valence-electron chi connectivity index (χ1n) is 9.03. The molecule has 142 valence electrons. The largest absolute Gasteiger partial charge is 1.00 e. The van der Waals surface area contributed by atoms with E-state index >= 15 is 0 Å². The third-order valence-corrected chi connectivity index (χ3v) is 11.3. The molecule has 2 aromatic rings. The van der Waals surface area contributed by atoms with Gasteiger partial charge < -0.3 is 24.8 Å². The third kappa shape index (κ3) is 8.65. The molecule has 2 aromatic carbocycles. The van der Waals surface area contributed by atoms with Crippen molar-refractivity contribution in [2.45, 2.75) is 45.7 Å². The van der Waals surface area contributed by atoms with E-state index in [-0.39, 0.29) is 30.2 Å². The normalized spacial score (nSPS) is 12.0. The summed E-state index contributed by atoms with van der Waals surface area (Å²) in [5.74, 6) is 0. The average Bonchev–Trinajstić information content (AvgIpc) is 3.28. The number of hydrogen-bond donors (Lipinski definition) is 0. The molecular weight excluding hydrogens is 466 g/mol. The number of halogens is 2. The number of benzene rings is 2. The minimum atomic E-state index is 0. The molecule has 0 N–H and O–H groups in total. The average molecular weight is 493 g/mol. The fourth-order valence-electron chi connectivity index (χ4n) is 2.76. The van der Waals surface area contributed by atoms with Gasteiger partial charge in [-0.05, 0) is 6.42 Å². The summed E-state index contributed by atoms with van der Waals surface area (Å²) in [5.41, 5.74) is 7.01. The quantitative estimate of drug-likeness (QED) is 0.357. The molecule has 0 fully saturated rings. The van der Waals surface area contributed by atoms with Crippen LogP contribution in [-0.2, 0) is 29.8 Å². The van der Waals surface area contributed by atoms with Crippen LogP contribution in [-0.4, -0.2) is 5.43 Å². The number of hydrogen-bond acceptors (Lipinski definition) is 0. The van der Waals surface area contributed by atoms with E-state index in [0.29, 0.717) is 0 Å². The van der Waals surface area contributed by atoms with Crippen molar-refractivity contribution in [2.75, 3.05) is 0 Å². The second-order valence-corrected chi connectivity index (χ2v) is 14.0. The zero-order valence-corrected chi connectivity index (χ0v) is 21.3. The van der Waals surface area contributed by atoms with Crippen LogP contribution < -0.4 is 24.8 Å². The van der Waals surface area contributed by atoms with Gasteiger partial charge in [0.05, 0.1) is 0 Å². The van der Waals surface area contributed by atoms with Crippen molar-refractivity contribution in [3.63, 3.8) is 0 Å². The van der Waals surface area contributed by atoms with Gasteiger partial charge in [-0.2, -0.15) is 35.9 Å². The predicted octanol–water partition coefficient (Wildman–Crippen LogP) is 0.326. The second-order valence-electron chi connectivity index (χ2n) is 6.17. The fourth-order valence-corrected chi connectivity index (χ4v) is 3.26. The van der Waals surface area contributed by atoms with Gasteiger partial charge in [-0.15, -0.1) is 12.0 Å². The summed E-state index contributed by atoms with van der Waals surface area (Å²) < 4.78 is 0. The monoisotopic (exact) mass is 490 g/mol. The van der Waals surface area contributed by atoms with Crippen LogP contribution in [0.2, 0.25) is 12.1 Å². The molecular formula is C23H26Cl2SiZr-2. The van der Waals surface area contributed by atoms with Gasteiger partial charge in [0, 0.05) is 0 Å². The molecule has 0 heterocycles. The summed E-state index contributed by atoms with van der Waals surface area (Å²) in [6.45, 7) is 6.66. The van der Waals surface area contributed by atoms with E-state index in [0.717, 1.165) is 12.8 Å². The maximum absolute atomic E-state index is 3.30. The first kappa shape index (κ1) is 26.6. The van der Waals surface area contributed by atoms with Crippen molar-refractivity contribution in [1.29, 1.82) is 0 Å². The molecule has 0 unspecified atom stereocenters. The molecule has 0 aliphatic heterocycles. The van der Waals surface area contributed by atoms with Gasteiger partial charge >= 0.3 is 54.7 Å². The van der Waals surface area contributed by atoms with E-state index in [1.807, 2.05) is 6.07 Å². The van der Waals surface area contributed by atoms with Crippen LogP contribution in [0.15, 0.2) is 60.2 Å². The topological polar surface area (TPSA) is 0 Å². The minimum absolute atomic E-state index is 0. The van der Waals surface area contributed by atoms with Gasteiger partial charge in [0.25, 0.3) is 0 Å². The Hall–Kier alpha value is -0.400. The van der Waals surface area contributed by atoms with E-state index in [4.69, 9.17) is 0 Å². The van der Waals surface area contributed by atoms with Gasteiger partial charge in [-0.25, -0.2) is 11.6 Å². The molecule has 4 heteroatoms. The van der Waals surface area contributed by atoms with E-state index < -0.39 is 0 Å². The van der Waals surface area contributed by atoms with Crippen LogP contribution in [0, 0.1) is 12.1 Å². The Kier molecular flexibility index (Phi) is 14.4. The van der Waals surface area contributed by atoms with E-state index in [9.17, 15) is 0 Å². The first-order chi connectivity index (χ1) is 12.2. The van der Waals surface area contributed by atoms with E-state index in [1.54, 1.807) is 23.3 Å². The Morgan fingerprint density at radius 2 is 1.67 bits per heavy atom. The van der Waals surface area contributed by atoms with Crippen LogP contribution in [0.5, 0.6) is 0 Å². The summed E-state index contributed by atoms with van der Waals surface area (Å²) >= 11 is 1.80. The molecule has 0 nitrogen and oxygen atoms in total. The first-order valence-corrected chi connectivity index (χ1v) is 14.6. The summed E-state index contributed by atoms with van der Waals surface area (Å²) in [6, 6.07) is 21.1. The zero-order chi connectivity index (χ0) is 18.1. The van der Waals surface area contributed by atoms with Gasteiger partial charge in [0.2, 0.25) is 0 Å². The van der Waals surface area contributed by atoms with Crippen LogP contribution in [0.25, 0.3) is 11.1 Å². The minimum Gasteiger partial charge on any atom is -1.00 e. The molecule has 0 radical (unpaired) electrons. The Bertz CT molecular complexity index is 729. The molecule has 0 saturated heterocycles. The Labute approximate surface area is 192 Å². The van der Waals surface area contributed by atoms with Crippen molar-refractivity contribution in [1.82, 2.24) is 0 Å². The SMILES string of the molecule is CC1=[C-]CC=C1.CC[Si](=[Zr+2])CC.[Cl-].[Cl-].[c-]1cccc2c1Cc1ccccc1-2. The molecule has 2 aliphatic rings. The molecule has 27 heavy (non-hydrogen) atoms. The van der Waals surface area contributed by atoms with Gasteiger partial charge in [-0.3, -0.25) is 6.08 Å². The molecule has 0 spiro atoms. The number of rotatable bonds is 2. The summed E-state index contributed by atoms with van der Waals surface area (Å²) in [6.07, 6.45) is 9.38. The maximum atomic E-state index is 3.30. The van der Waals surface area contributed by atoms with Gasteiger partial charge in [-0.1, -0.05) is 42.3 Å². The molecule has 0 aromatic heterocycles. The number of fused-ring (bicyclic) bond motifs is 3. The van der Waals surface area contributed by atoms with Crippen molar-refractivity contribution in [3.8, 4) is 11.1 Å². The summed E-state index contributed by atoms with van der Waals surface area (Å²) in [7, 11) is 0. The van der Waals surface area contributed by atoms with Gasteiger partial charge in [0.1, 0.15) is 0 Å². The summed E-state index contributed by atoms with van der Waals surface area (Å²) in [5, 5.41) is 0. The summed E-state index contributed by atoms with van der Waals surface area (Å²) in [4.78, 5) is 0. The molecule has 2 aliphatic carbocycles. The molecule has 4 rings (SSSR count). The van der Waals surface area contributed by atoms with Crippen LogP contribution in [0.1, 0.15) is 38.3 Å². The molecule has 0 atom stereocenters. The molecule has 0 amide bonds. The van der Waals surface area contributed by atoms with Crippen molar-refractivity contribution in [3.05, 3.63) is 83.5 Å². The Morgan fingerprint density at radius 3 is 2.19 bits per heavy atom. The van der Waals surface area contributed by atoms with E-state index in [1.165, 1.54) is 39.9 Å². The van der Waals surface area contributed by atoms with Crippen molar-refractivity contribution >= 4 is 5.43 Å². The maximum Gasteiger partial charge on any atom is -0.0253 e. The molecule has 0 saturated carbocycles. The second kappa shape index (κ2) is 14.6. The zero-order valence-electron chi connectivity index (χ0n) is 16.3. The van der Waals surface area contributed by atoms with Crippen molar-refractivity contribution < 1.29 is 48.1 Å². The van der Waals surface area contributed by atoms with Crippen LogP contribution in [0.4, 0.5) is 0 Å². The van der Waals surface area contributed by atoms with E-state index in [2.05, 4.69) is 81.5 Å². The van der Waals surface area contributed by atoms with Crippen LogP contribution >= 0.6 is 0 Å². The Morgan fingerprint density at radius 1 is 1.00 bits per heavy atom. The fraction of sp³-hybridized carbons (Fsp3) is 0.304. The smallest absolute Gasteiger partial charge is 0.0253 e. The standard InChI is InChI=1S/C13H9.C6H7.C4H10Si.2ClH.Zr/c1-3-7-12-10(5-1)9-11-6-2-4-8-13(11)12;1-6-4-2-3-5-6;1-3-5-4-2;;;/h1-5,7-8H,9H2;2,4H,3H2,1H3;3-4H2,1-2H3;2*1H;/q2*-1;;;;+2/p-2. The Balaban J connectivity index is 0.000000415. The molecule has 0 bridgehead atoms. The third-order valence-electron chi connectivity index (χ3n) is 4.34. The number of allylic oxidation sites excluding steroid dienone is 4.